The maximum absolute atomic E-state index is 13.5. The monoisotopic (exact) mass is 387 g/mol. The van der Waals surface area contributed by atoms with E-state index >= 15 is 0 Å². The van der Waals surface area contributed by atoms with Gasteiger partial charge in [-0.1, -0.05) is 30.3 Å². The predicted molar refractivity (Wildman–Crippen MR) is 112 cm³/mol. The number of aryl methyl sites for hydroxylation is 1. The standard InChI is InChI=1S/C24H22FN3O/c1-28-16-22(20-4-2-3-5-23(20)28)21(18-6-8-19(25)9-7-18)14-24(29)27-15-17-10-12-26-13-11-17/h2-13,16,21H,14-15H2,1H3,(H,27,29)/t21-/m0/s1. The number of para-hydroxylation sites is 1. The molecule has 29 heavy (non-hydrogen) atoms. The Kier molecular flexibility index (Phi) is 5.38. The quantitative estimate of drug-likeness (QED) is 0.528. The number of hydrogen-bond donors (Lipinski definition) is 1. The van der Waals surface area contributed by atoms with Gasteiger partial charge in [0, 0.05) is 55.4 Å². The molecular weight excluding hydrogens is 365 g/mol. The predicted octanol–water partition coefficient (Wildman–Crippen LogP) is 4.55. The lowest BCUT2D eigenvalue weighted by Crippen LogP contribution is -2.25. The maximum Gasteiger partial charge on any atom is 0.221 e. The van der Waals surface area contributed by atoms with E-state index in [0.29, 0.717) is 6.54 Å². The molecule has 5 heteroatoms. The molecule has 0 fully saturated rings. The molecule has 0 saturated heterocycles. The maximum atomic E-state index is 13.5. The van der Waals surface area contributed by atoms with Crippen LogP contribution in [0.2, 0.25) is 0 Å². The van der Waals surface area contributed by atoms with Gasteiger partial charge in [-0.05, 0) is 47.0 Å². The van der Waals surface area contributed by atoms with E-state index in [9.17, 15) is 9.18 Å². The van der Waals surface area contributed by atoms with E-state index < -0.39 is 0 Å². The Bertz CT molecular complexity index is 1120. The molecule has 2 aromatic carbocycles. The van der Waals surface area contributed by atoms with Crippen LogP contribution in [0.15, 0.2) is 79.3 Å². The summed E-state index contributed by atoms with van der Waals surface area (Å²) in [7, 11) is 2.00. The van der Waals surface area contributed by atoms with Gasteiger partial charge in [-0.3, -0.25) is 9.78 Å². The highest BCUT2D eigenvalue weighted by molar-refractivity contribution is 5.86. The number of halogens is 1. The first-order valence-corrected chi connectivity index (χ1v) is 9.57. The first-order chi connectivity index (χ1) is 14.1. The fourth-order valence-corrected chi connectivity index (χ4v) is 3.71. The van der Waals surface area contributed by atoms with Gasteiger partial charge >= 0.3 is 0 Å². The Morgan fingerprint density at radius 2 is 1.79 bits per heavy atom. The third kappa shape index (κ3) is 4.19. The van der Waals surface area contributed by atoms with Crippen LogP contribution in [0, 0.1) is 5.82 Å². The van der Waals surface area contributed by atoms with Crippen LogP contribution in [0.4, 0.5) is 4.39 Å². The Morgan fingerprint density at radius 1 is 1.07 bits per heavy atom. The zero-order chi connectivity index (χ0) is 20.2. The van der Waals surface area contributed by atoms with Crippen LogP contribution in [-0.2, 0) is 18.4 Å². The third-order valence-corrected chi connectivity index (χ3v) is 5.20. The van der Waals surface area contributed by atoms with Crippen molar-refractivity contribution in [2.24, 2.45) is 7.05 Å². The summed E-state index contributed by atoms with van der Waals surface area (Å²) in [5.74, 6) is -0.504. The molecule has 0 aliphatic rings. The van der Waals surface area contributed by atoms with E-state index in [2.05, 4.69) is 33.2 Å². The summed E-state index contributed by atoms with van der Waals surface area (Å²) >= 11 is 0. The molecule has 146 valence electrons. The van der Waals surface area contributed by atoms with E-state index in [-0.39, 0.29) is 24.1 Å². The summed E-state index contributed by atoms with van der Waals surface area (Å²) in [6, 6.07) is 18.3. The van der Waals surface area contributed by atoms with Crippen molar-refractivity contribution in [3.05, 3.63) is 102 Å². The molecule has 4 nitrogen and oxygen atoms in total. The van der Waals surface area contributed by atoms with Crippen molar-refractivity contribution in [1.82, 2.24) is 14.9 Å². The van der Waals surface area contributed by atoms with Gasteiger partial charge in [-0.25, -0.2) is 4.39 Å². The molecule has 4 aromatic rings. The Labute approximate surface area is 169 Å². The van der Waals surface area contributed by atoms with Crippen LogP contribution in [0.5, 0.6) is 0 Å². The summed E-state index contributed by atoms with van der Waals surface area (Å²) in [5, 5.41) is 4.09. The zero-order valence-electron chi connectivity index (χ0n) is 16.2. The second-order valence-corrected chi connectivity index (χ2v) is 7.15. The first kappa shape index (κ1) is 18.9. The topological polar surface area (TPSA) is 46.9 Å². The fourth-order valence-electron chi connectivity index (χ4n) is 3.71. The number of aromatic nitrogens is 2. The summed E-state index contributed by atoms with van der Waals surface area (Å²) in [4.78, 5) is 16.8. The van der Waals surface area contributed by atoms with Gasteiger partial charge in [0.05, 0.1) is 0 Å². The minimum Gasteiger partial charge on any atom is -0.352 e. The van der Waals surface area contributed by atoms with Crippen LogP contribution >= 0.6 is 0 Å². The molecule has 2 heterocycles. The lowest BCUT2D eigenvalue weighted by molar-refractivity contribution is -0.121. The number of benzene rings is 2. The molecule has 4 rings (SSSR count). The number of pyridine rings is 1. The molecule has 0 aliphatic heterocycles. The number of carbonyl (C=O) groups is 1. The van der Waals surface area contributed by atoms with Gasteiger partial charge in [0.25, 0.3) is 0 Å². The molecule has 0 radical (unpaired) electrons. The van der Waals surface area contributed by atoms with Crippen molar-refractivity contribution < 1.29 is 9.18 Å². The molecular formula is C24H22FN3O. The molecule has 1 N–H and O–H groups in total. The minimum atomic E-state index is -0.285. The molecule has 0 spiro atoms. The number of carbonyl (C=O) groups excluding carboxylic acids is 1. The number of rotatable bonds is 6. The highest BCUT2D eigenvalue weighted by Crippen LogP contribution is 2.34. The van der Waals surface area contributed by atoms with Crippen molar-refractivity contribution in [3.8, 4) is 0 Å². The Balaban J connectivity index is 1.63. The SMILES string of the molecule is Cn1cc([C@@H](CC(=O)NCc2ccncc2)c2ccc(F)cc2)c2ccccc21. The summed E-state index contributed by atoms with van der Waals surface area (Å²) in [6.07, 6.45) is 5.76. The Morgan fingerprint density at radius 3 is 2.55 bits per heavy atom. The molecule has 1 atom stereocenters. The van der Waals surface area contributed by atoms with Crippen LogP contribution in [-0.4, -0.2) is 15.5 Å². The van der Waals surface area contributed by atoms with Gasteiger partial charge in [0.2, 0.25) is 5.91 Å². The lowest BCUT2D eigenvalue weighted by Gasteiger charge is -2.17. The van der Waals surface area contributed by atoms with E-state index in [1.54, 1.807) is 24.5 Å². The van der Waals surface area contributed by atoms with E-state index in [0.717, 1.165) is 27.6 Å². The number of nitrogens with zero attached hydrogens (tertiary/aromatic N) is 2. The lowest BCUT2D eigenvalue weighted by atomic mass is 9.88. The second kappa shape index (κ2) is 8.27. The fraction of sp³-hybridized carbons (Fsp3) is 0.167. The summed E-state index contributed by atoms with van der Waals surface area (Å²) in [6.45, 7) is 0.451. The van der Waals surface area contributed by atoms with Crippen LogP contribution in [0.25, 0.3) is 10.9 Å². The van der Waals surface area contributed by atoms with Gasteiger partial charge in [-0.15, -0.1) is 0 Å². The molecule has 0 saturated carbocycles. The van der Waals surface area contributed by atoms with E-state index in [1.165, 1.54) is 12.1 Å². The number of nitrogens with one attached hydrogen (secondary N) is 1. The normalized spacial score (nSPS) is 12.1. The Hall–Kier alpha value is -3.47. The molecule has 0 aliphatic carbocycles. The van der Waals surface area contributed by atoms with Crippen LogP contribution < -0.4 is 5.32 Å². The van der Waals surface area contributed by atoms with Crippen molar-refractivity contribution in [3.63, 3.8) is 0 Å². The minimum absolute atomic E-state index is 0.0518. The van der Waals surface area contributed by atoms with Gasteiger partial charge in [-0.2, -0.15) is 0 Å². The first-order valence-electron chi connectivity index (χ1n) is 9.57. The van der Waals surface area contributed by atoms with Gasteiger partial charge < -0.3 is 9.88 Å². The molecule has 0 bridgehead atoms. The smallest absolute Gasteiger partial charge is 0.221 e. The van der Waals surface area contributed by atoms with Crippen LogP contribution in [0.1, 0.15) is 29.0 Å². The van der Waals surface area contributed by atoms with Crippen molar-refractivity contribution in [2.45, 2.75) is 18.9 Å². The largest absolute Gasteiger partial charge is 0.352 e. The number of fused-ring (bicyclic) bond motifs is 1. The van der Waals surface area contributed by atoms with Gasteiger partial charge in [0.1, 0.15) is 5.82 Å². The zero-order valence-corrected chi connectivity index (χ0v) is 16.2. The van der Waals surface area contributed by atoms with Gasteiger partial charge in [0.15, 0.2) is 0 Å². The highest BCUT2D eigenvalue weighted by Gasteiger charge is 2.22. The number of hydrogen-bond acceptors (Lipinski definition) is 2. The van der Waals surface area contributed by atoms with E-state index in [4.69, 9.17) is 0 Å². The van der Waals surface area contributed by atoms with Crippen molar-refractivity contribution >= 4 is 16.8 Å². The molecule has 2 aromatic heterocycles. The van der Waals surface area contributed by atoms with E-state index in [1.807, 2.05) is 31.3 Å². The summed E-state index contributed by atoms with van der Waals surface area (Å²) < 4.78 is 15.6. The molecule has 1 amide bonds. The second-order valence-electron chi connectivity index (χ2n) is 7.15. The van der Waals surface area contributed by atoms with Crippen LogP contribution in [0.3, 0.4) is 0 Å². The average Bonchev–Trinajstić information content (AvgIpc) is 3.09. The van der Waals surface area contributed by atoms with Crippen molar-refractivity contribution in [1.29, 1.82) is 0 Å². The molecule has 0 unspecified atom stereocenters. The average molecular weight is 387 g/mol. The summed E-state index contributed by atoms with van der Waals surface area (Å²) in [5.41, 5.74) is 4.08. The third-order valence-electron chi connectivity index (χ3n) is 5.20. The highest BCUT2D eigenvalue weighted by atomic mass is 19.1. The van der Waals surface area contributed by atoms with Crippen molar-refractivity contribution in [2.75, 3.05) is 0 Å². The number of amides is 1.